The van der Waals surface area contributed by atoms with Crippen molar-refractivity contribution in [1.29, 1.82) is 0 Å². The van der Waals surface area contributed by atoms with E-state index in [-0.39, 0.29) is 5.41 Å². The van der Waals surface area contributed by atoms with Gasteiger partial charge >= 0.3 is 0 Å². The van der Waals surface area contributed by atoms with Gasteiger partial charge in [0.25, 0.3) is 0 Å². The zero-order valence-electron chi connectivity index (χ0n) is 11.2. The Balaban J connectivity index is 2.36. The molecular weight excluding hydrogens is 200 g/mol. The Morgan fingerprint density at radius 3 is 2.25 bits per heavy atom. The van der Waals surface area contributed by atoms with Crippen LogP contribution in [0.15, 0.2) is 11.6 Å². The maximum Gasteiger partial charge on any atom is 0.171 e. The van der Waals surface area contributed by atoms with E-state index in [4.69, 9.17) is 9.47 Å². The van der Waals surface area contributed by atoms with Gasteiger partial charge < -0.3 is 9.47 Å². The van der Waals surface area contributed by atoms with E-state index in [0.717, 1.165) is 19.6 Å². The van der Waals surface area contributed by atoms with Crippen molar-refractivity contribution in [2.45, 2.75) is 46.8 Å². The number of hydrogen-bond donors (Lipinski definition) is 0. The largest absolute Gasteiger partial charge is 0.347 e. The molecule has 0 amide bonds. The van der Waals surface area contributed by atoms with Crippen molar-refractivity contribution >= 4 is 0 Å². The van der Waals surface area contributed by atoms with E-state index in [0.29, 0.717) is 11.8 Å². The summed E-state index contributed by atoms with van der Waals surface area (Å²) in [6.45, 7) is 12.7. The Labute approximate surface area is 99.0 Å². The Morgan fingerprint density at radius 1 is 1.19 bits per heavy atom. The van der Waals surface area contributed by atoms with E-state index >= 15 is 0 Å². The van der Waals surface area contributed by atoms with E-state index in [1.165, 1.54) is 5.57 Å². The quantitative estimate of drug-likeness (QED) is 0.636. The van der Waals surface area contributed by atoms with E-state index in [1.807, 2.05) is 0 Å². The average molecular weight is 224 g/mol. The fourth-order valence-electron chi connectivity index (χ4n) is 3.50. The molecule has 0 N–H and O–H groups in total. The molecule has 0 bridgehead atoms. The molecule has 0 spiro atoms. The van der Waals surface area contributed by atoms with Gasteiger partial charge in [-0.3, -0.25) is 0 Å². The van der Waals surface area contributed by atoms with Crippen molar-refractivity contribution in [3.05, 3.63) is 11.6 Å². The van der Waals surface area contributed by atoms with Crippen molar-refractivity contribution in [3.8, 4) is 0 Å². The van der Waals surface area contributed by atoms with Gasteiger partial charge in [-0.15, -0.1) is 0 Å². The molecular formula is C14H24O2. The second-order valence-corrected chi connectivity index (χ2v) is 5.83. The molecule has 0 saturated carbocycles. The molecule has 2 aliphatic rings. The number of rotatable bonds is 1. The van der Waals surface area contributed by atoms with Gasteiger partial charge in [0, 0.05) is 5.41 Å². The van der Waals surface area contributed by atoms with E-state index < -0.39 is 5.79 Å². The predicted molar refractivity (Wildman–Crippen MR) is 65.1 cm³/mol. The lowest BCUT2D eigenvalue weighted by molar-refractivity contribution is -0.248. The molecule has 0 aromatic rings. The molecule has 2 heteroatoms. The van der Waals surface area contributed by atoms with Crippen LogP contribution in [0, 0.1) is 17.3 Å². The van der Waals surface area contributed by atoms with Crippen molar-refractivity contribution in [3.63, 3.8) is 0 Å². The Bertz CT molecular complexity index is 302. The molecule has 1 fully saturated rings. The third kappa shape index (κ3) is 1.54. The first-order valence-electron chi connectivity index (χ1n) is 6.35. The smallest absolute Gasteiger partial charge is 0.171 e. The van der Waals surface area contributed by atoms with Crippen LogP contribution < -0.4 is 0 Å². The van der Waals surface area contributed by atoms with Crippen LogP contribution in [0.5, 0.6) is 0 Å². The maximum absolute atomic E-state index is 5.91. The molecule has 1 aliphatic heterocycles. The minimum atomic E-state index is -0.414. The number of hydrogen-bond acceptors (Lipinski definition) is 2. The second-order valence-electron chi connectivity index (χ2n) is 5.83. The topological polar surface area (TPSA) is 18.5 Å². The van der Waals surface area contributed by atoms with Crippen molar-refractivity contribution in [2.75, 3.05) is 13.2 Å². The van der Waals surface area contributed by atoms with Gasteiger partial charge in [-0.25, -0.2) is 0 Å². The first-order chi connectivity index (χ1) is 7.40. The summed E-state index contributed by atoms with van der Waals surface area (Å²) >= 11 is 0. The molecule has 16 heavy (non-hydrogen) atoms. The van der Waals surface area contributed by atoms with E-state index in [1.54, 1.807) is 0 Å². The third-order valence-corrected chi connectivity index (χ3v) is 4.95. The molecule has 2 nitrogen and oxygen atoms in total. The number of allylic oxidation sites excluding steroid dienone is 2. The standard InChI is InChI=1S/C14H24O2/c1-10-8-11(2)13(4,12(3)9-10)14(5)15-6-7-16-14/h8,11-12H,6-7,9H2,1-5H3/t11?,12-,13-/m1/s1. The lowest BCUT2D eigenvalue weighted by atomic mass is 9.59. The summed E-state index contributed by atoms with van der Waals surface area (Å²) in [5, 5.41) is 0. The molecule has 1 saturated heterocycles. The average Bonchev–Trinajstić information content (AvgIpc) is 2.62. The van der Waals surface area contributed by atoms with E-state index in [9.17, 15) is 0 Å². The van der Waals surface area contributed by atoms with Gasteiger partial charge in [0.1, 0.15) is 0 Å². The molecule has 3 atom stereocenters. The summed E-state index contributed by atoms with van der Waals surface area (Å²) in [5.41, 5.74) is 1.57. The highest BCUT2D eigenvalue weighted by Gasteiger charge is 2.55. The molecule has 0 radical (unpaired) electrons. The highest BCUT2D eigenvalue weighted by molar-refractivity contribution is 5.15. The lowest BCUT2D eigenvalue weighted by Gasteiger charge is -2.51. The van der Waals surface area contributed by atoms with E-state index in [2.05, 4.69) is 40.7 Å². The lowest BCUT2D eigenvalue weighted by Crippen LogP contribution is -2.53. The Kier molecular flexibility index (Phi) is 2.92. The minimum absolute atomic E-state index is 0.0724. The van der Waals surface area contributed by atoms with Crippen molar-refractivity contribution < 1.29 is 9.47 Å². The van der Waals surface area contributed by atoms with Gasteiger partial charge in [0.15, 0.2) is 5.79 Å². The monoisotopic (exact) mass is 224 g/mol. The first-order valence-corrected chi connectivity index (χ1v) is 6.35. The minimum Gasteiger partial charge on any atom is -0.347 e. The number of ether oxygens (including phenoxy) is 2. The van der Waals surface area contributed by atoms with Crippen LogP contribution >= 0.6 is 0 Å². The maximum atomic E-state index is 5.91. The highest BCUT2D eigenvalue weighted by Crippen LogP contribution is 2.53. The molecule has 2 rings (SSSR count). The second kappa shape index (κ2) is 3.85. The Hall–Kier alpha value is -0.340. The molecule has 0 aromatic heterocycles. The summed E-state index contributed by atoms with van der Waals surface area (Å²) in [7, 11) is 0. The highest BCUT2D eigenvalue weighted by atomic mass is 16.7. The fourth-order valence-corrected chi connectivity index (χ4v) is 3.50. The van der Waals surface area contributed by atoms with Crippen LogP contribution in [0.3, 0.4) is 0 Å². The molecule has 1 heterocycles. The van der Waals surface area contributed by atoms with Crippen LogP contribution in [0.25, 0.3) is 0 Å². The summed E-state index contributed by atoms with van der Waals surface area (Å²) in [5.74, 6) is 0.679. The molecule has 1 aliphatic carbocycles. The third-order valence-electron chi connectivity index (χ3n) is 4.95. The van der Waals surface area contributed by atoms with Crippen LogP contribution in [0.1, 0.15) is 41.0 Å². The summed E-state index contributed by atoms with van der Waals surface area (Å²) in [6, 6.07) is 0. The molecule has 92 valence electrons. The van der Waals surface area contributed by atoms with Gasteiger partial charge in [-0.1, -0.05) is 32.4 Å². The summed E-state index contributed by atoms with van der Waals surface area (Å²) < 4.78 is 11.8. The zero-order valence-corrected chi connectivity index (χ0v) is 11.2. The van der Waals surface area contributed by atoms with Crippen molar-refractivity contribution in [1.82, 2.24) is 0 Å². The van der Waals surface area contributed by atoms with Gasteiger partial charge in [0.2, 0.25) is 0 Å². The SMILES string of the molecule is CC1=CC(C)[C@@](C)(C2(C)OCCO2)[C@H](C)C1. The van der Waals surface area contributed by atoms with Crippen LogP contribution in [-0.2, 0) is 9.47 Å². The summed E-state index contributed by atoms with van der Waals surface area (Å²) in [6.07, 6.45) is 3.54. The predicted octanol–water partition coefficient (Wildman–Crippen LogP) is 3.38. The fraction of sp³-hybridized carbons (Fsp3) is 0.857. The van der Waals surface area contributed by atoms with Gasteiger partial charge in [0.05, 0.1) is 13.2 Å². The van der Waals surface area contributed by atoms with Gasteiger partial charge in [-0.05, 0) is 32.1 Å². The van der Waals surface area contributed by atoms with Crippen LogP contribution in [0.2, 0.25) is 0 Å². The molecule has 0 aromatic carbocycles. The van der Waals surface area contributed by atoms with Crippen molar-refractivity contribution in [2.24, 2.45) is 17.3 Å². The van der Waals surface area contributed by atoms with Crippen LogP contribution in [0.4, 0.5) is 0 Å². The van der Waals surface area contributed by atoms with Gasteiger partial charge in [-0.2, -0.15) is 0 Å². The zero-order chi connectivity index (χ0) is 12.0. The normalized spacial score (nSPS) is 43.2. The Morgan fingerprint density at radius 2 is 1.75 bits per heavy atom. The summed E-state index contributed by atoms with van der Waals surface area (Å²) in [4.78, 5) is 0. The van der Waals surface area contributed by atoms with Crippen LogP contribution in [-0.4, -0.2) is 19.0 Å². The molecule has 1 unspecified atom stereocenters. The first kappa shape index (κ1) is 12.1.